The molecule has 0 spiro atoms. The van der Waals surface area contributed by atoms with Crippen LogP contribution in [0.5, 0.6) is 0 Å². The van der Waals surface area contributed by atoms with Crippen molar-refractivity contribution in [2.45, 2.75) is 11.6 Å². The van der Waals surface area contributed by atoms with Gasteiger partial charge in [-0.1, -0.05) is 30.3 Å². The van der Waals surface area contributed by atoms with Crippen LogP contribution in [0.3, 0.4) is 0 Å². The number of hydrogen-bond acceptors (Lipinski definition) is 6. The molecule has 1 aliphatic rings. The number of rotatable bonds is 3. The summed E-state index contributed by atoms with van der Waals surface area (Å²) in [5.74, 6) is -7.18. The second kappa shape index (κ2) is 4.84. The van der Waals surface area contributed by atoms with E-state index in [1.807, 2.05) is 0 Å². The normalized spacial score (nSPS) is 24.8. The molecule has 1 atom stereocenters. The second-order valence-corrected chi connectivity index (χ2v) is 4.37. The molecule has 0 radical (unpaired) electrons. The molecule has 0 bridgehead atoms. The molecular formula is C14H14O6. The van der Waals surface area contributed by atoms with Crippen molar-refractivity contribution in [1.29, 1.82) is 0 Å². The maximum atomic E-state index is 12.2. The Morgan fingerprint density at radius 1 is 1.15 bits per heavy atom. The van der Waals surface area contributed by atoms with Crippen LogP contribution in [0.25, 0.3) is 0 Å². The Balaban J connectivity index is 2.50. The highest BCUT2D eigenvalue weighted by Crippen LogP contribution is 2.35. The first kappa shape index (κ1) is 14.4. The Labute approximate surface area is 114 Å². The fourth-order valence-corrected chi connectivity index (χ4v) is 1.92. The lowest BCUT2D eigenvalue weighted by Gasteiger charge is -2.38. The van der Waals surface area contributed by atoms with Crippen LogP contribution in [0, 0.1) is 0 Å². The summed E-state index contributed by atoms with van der Waals surface area (Å²) in [6, 6.07) is 8.06. The first-order chi connectivity index (χ1) is 9.33. The minimum absolute atomic E-state index is 0.278. The topological polar surface area (TPSA) is 107 Å². The van der Waals surface area contributed by atoms with Gasteiger partial charge in [0.05, 0.1) is 5.57 Å². The molecule has 0 aliphatic heterocycles. The summed E-state index contributed by atoms with van der Waals surface area (Å²) in [5.41, 5.74) is -0.000178. The summed E-state index contributed by atoms with van der Waals surface area (Å²) in [5, 5.41) is 39.2. The molecule has 20 heavy (non-hydrogen) atoms. The standard InChI is InChI=1S/C14H14O6/c1-20-14(19)12(16)10(7-8-13(14,17)18)11(15)9-5-3-2-4-6-9/h2-8,16-19H,1H3. The average Bonchev–Trinajstić information content (AvgIpc) is 2.45. The number of Topliss-reactive ketones (excluding diaryl/α,β-unsaturated/α-hetero) is 1. The summed E-state index contributed by atoms with van der Waals surface area (Å²) in [6.45, 7) is 0. The zero-order chi connectivity index (χ0) is 15.0. The first-order valence-electron chi connectivity index (χ1n) is 5.78. The minimum atomic E-state index is -2.84. The highest BCUT2D eigenvalue weighted by Gasteiger charge is 2.55. The summed E-state index contributed by atoms with van der Waals surface area (Å²) in [6.07, 6.45) is 1.80. The zero-order valence-electron chi connectivity index (χ0n) is 10.6. The van der Waals surface area contributed by atoms with Gasteiger partial charge < -0.3 is 25.2 Å². The van der Waals surface area contributed by atoms with Gasteiger partial charge in [0.1, 0.15) is 0 Å². The number of ether oxygens (including phenoxy) is 1. The lowest BCUT2D eigenvalue weighted by molar-refractivity contribution is -0.335. The fourth-order valence-electron chi connectivity index (χ4n) is 1.92. The van der Waals surface area contributed by atoms with Gasteiger partial charge in [-0.05, 0) is 12.2 Å². The Bertz CT molecular complexity index is 587. The molecule has 6 nitrogen and oxygen atoms in total. The van der Waals surface area contributed by atoms with Crippen LogP contribution in [-0.2, 0) is 4.74 Å². The van der Waals surface area contributed by atoms with Gasteiger partial charge in [-0.25, -0.2) is 0 Å². The van der Waals surface area contributed by atoms with E-state index in [-0.39, 0.29) is 11.1 Å². The molecule has 2 rings (SSSR count). The SMILES string of the molecule is COC1(O)C(O)=C(C(=O)c2ccccc2)C=CC1(O)O. The van der Waals surface area contributed by atoms with Gasteiger partial charge in [-0.3, -0.25) is 4.79 Å². The Hall–Kier alpha value is -1.99. The van der Waals surface area contributed by atoms with Gasteiger partial charge >= 0.3 is 0 Å². The molecule has 0 amide bonds. The molecule has 1 aliphatic carbocycles. The van der Waals surface area contributed by atoms with Crippen molar-refractivity contribution in [2.24, 2.45) is 0 Å². The molecule has 0 heterocycles. The third-order valence-corrected chi connectivity index (χ3v) is 3.13. The molecule has 1 unspecified atom stereocenters. The number of aliphatic hydroxyl groups is 4. The Morgan fingerprint density at radius 3 is 2.30 bits per heavy atom. The minimum Gasteiger partial charge on any atom is -0.506 e. The third-order valence-electron chi connectivity index (χ3n) is 3.13. The van der Waals surface area contributed by atoms with Crippen LogP contribution in [0.1, 0.15) is 10.4 Å². The monoisotopic (exact) mass is 278 g/mol. The summed E-state index contributed by atoms with van der Waals surface area (Å²) < 4.78 is 4.57. The lowest BCUT2D eigenvalue weighted by atomic mass is 9.89. The van der Waals surface area contributed by atoms with E-state index in [0.717, 1.165) is 19.3 Å². The van der Waals surface area contributed by atoms with Gasteiger partial charge in [-0.2, -0.15) is 0 Å². The Kier molecular flexibility index (Phi) is 3.49. The van der Waals surface area contributed by atoms with E-state index in [4.69, 9.17) is 0 Å². The van der Waals surface area contributed by atoms with Crippen molar-refractivity contribution in [2.75, 3.05) is 7.11 Å². The number of carbonyl (C=O) groups is 1. The van der Waals surface area contributed by atoms with Gasteiger partial charge in [0.2, 0.25) is 5.79 Å². The largest absolute Gasteiger partial charge is 0.506 e. The second-order valence-electron chi connectivity index (χ2n) is 4.37. The molecule has 0 aromatic heterocycles. The van der Waals surface area contributed by atoms with Crippen LogP contribution in [-0.4, -0.2) is 44.9 Å². The number of benzene rings is 1. The first-order valence-corrected chi connectivity index (χ1v) is 5.78. The smallest absolute Gasteiger partial charge is 0.285 e. The van der Waals surface area contributed by atoms with Gasteiger partial charge in [0.15, 0.2) is 11.5 Å². The van der Waals surface area contributed by atoms with Crippen molar-refractivity contribution >= 4 is 5.78 Å². The van der Waals surface area contributed by atoms with Crippen LogP contribution in [0.15, 0.2) is 53.8 Å². The van der Waals surface area contributed by atoms with Crippen LogP contribution < -0.4 is 0 Å². The number of methoxy groups -OCH3 is 1. The quantitative estimate of drug-likeness (QED) is 0.467. The van der Waals surface area contributed by atoms with E-state index in [1.165, 1.54) is 12.1 Å². The Morgan fingerprint density at radius 2 is 1.75 bits per heavy atom. The molecule has 6 heteroatoms. The molecule has 1 aromatic rings. The predicted molar refractivity (Wildman–Crippen MR) is 68.7 cm³/mol. The van der Waals surface area contributed by atoms with Crippen molar-refractivity contribution in [1.82, 2.24) is 0 Å². The third kappa shape index (κ3) is 2.04. The maximum absolute atomic E-state index is 12.2. The van der Waals surface area contributed by atoms with Crippen LogP contribution in [0.4, 0.5) is 0 Å². The van der Waals surface area contributed by atoms with E-state index in [0.29, 0.717) is 0 Å². The van der Waals surface area contributed by atoms with Gasteiger partial charge in [0, 0.05) is 12.7 Å². The van der Waals surface area contributed by atoms with E-state index in [2.05, 4.69) is 4.74 Å². The average molecular weight is 278 g/mol. The number of aliphatic hydroxyl groups excluding tert-OH is 1. The van der Waals surface area contributed by atoms with E-state index in [1.54, 1.807) is 18.2 Å². The molecule has 4 N–H and O–H groups in total. The van der Waals surface area contributed by atoms with Crippen molar-refractivity contribution in [3.8, 4) is 0 Å². The maximum Gasteiger partial charge on any atom is 0.285 e. The molecule has 0 saturated heterocycles. The van der Waals surface area contributed by atoms with E-state index >= 15 is 0 Å². The number of carbonyl (C=O) groups excluding carboxylic acids is 1. The molecule has 1 aromatic carbocycles. The van der Waals surface area contributed by atoms with E-state index in [9.17, 15) is 25.2 Å². The molecule has 106 valence electrons. The molecule has 0 saturated carbocycles. The number of hydrogen-bond donors (Lipinski definition) is 4. The summed E-state index contributed by atoms with van der Waals surface area (Å²) >= 11 is 0. The molecular weight excluding hydrogens is 264 g/mol. The fraction of sp³-hybridized carbons (Fsp3) is 0.214. The van der Waals surface area contributed by atoms with Crippen LogP contribution in [0.2, 0.25) is 0 Å². The molecule has 0 fully saturated rings. The summed E-state index contributed by atoms with van der Waals surface area (Å²) in [4.78, 5) is 12.2. The zero-order valence-corrected chi connectivity index (χ0v) is 10.6. The van der Waals surface area contributed by atoms with Gasteiger partial charge in [-0.15, -0.1) is 0 Å². The van der Waals surface area contributed by atoms with E-state index < -0.39 is 23.1 Å². The lowest BCUT2D eigenvalue weighted by Crippen LogP contribution is -2.57. The number of ketones is 1. The van der Waals surface area contributed by atoms with Gasteiger partial charge in [0.25, 0.3) is 5.79 Å². The summed E-state index contributed by atoms with van der Waals surface area (Å²) in [7, 11) is 0.973. The van der Waals surface area contributed by atoms with Crippen molar-refractivity contribution in [3.05, 3.63) is 59.4 Å². The highest BCUT2D eigenvalue weighted by molar-refractivity contribution is 6.11. The highest BCUT2D eigenvalue weighted by atomic mass is 16.7. The van der Waals surface area contributed by atoms with Crippen molar-refractivity contribution < 1.29 is 30.0 Å². The number of allylic oxidation sites excluding steroid dienone is 2. The van der Waals surface area contributed by atoms with Crippen molar-refractivity contribution in [3.63, 3.8) is 0 Å². The predicted octanol–water partition coefficient (Wildman–Crippen LogP) is 0.267. The van der Waals surface area contributed by atoms with Crippen LogP contribution >= 0.6 is 0 Å².